The highest BCUT2D eigenvalue weighted by atomic mass is 16.5. The molecule has 11 heavy (non-hydrogen) atoms. The number of nitrogens with one attached hydrogen (secondary N) is 1. The van der Waals surface area contributed by atoms with Crippen LogP contribution < -0.4 is 5.32 Å². The Bertz CT molecular complexity index is 244. The molecule has 0 aromatic carbocycles. The molecule has 2 heterocycles. The van der Waals surface area contributed by atoms with Gasteiger partial charge in [0.1, 0.15) is 5.76 Å². The average Bonchev–Trinajstić information content (AvgIpc) is 2.15. The summed E-state index contributed by atoms with van der Waals surface area (Å²) in [5.74, 6) is 0.958. The fraction of sp³-hybridized carbons (Fsp3) is 0.625. The van der Waals surface area contributed by atoms with Gasteiger partial charge in [-0.15, -0.1) is 0 Å². The number of nitrogens with zero attached hydrogens (tertiary/aromatic N) is 1. The maximum atomic E-state index is 5.06. The van der Waals surface area contributed by atoms with Gasteiger partial charge in [0, 0.05) is 11.6 Å². The van der Waals surface area contributed by atoms with Crippen LogP contribution in [0.4, 0.5) is 0 Å². The lowest BCUT2D eigenvalue weighted by molar-refractivity contribution is 0.365. The molecule has 0 radical (unpaired) electrons. The van der Waals surface area contributed by atoms with Crippen molar-refractivity contribution >= 4 is 0 Å². The minimum absolute atomic E-state index is 0.501. The topological polar surface area (TPSA) is 38.1 Å². The van der Waals surface area contributed by atoms with Crippen LogP contribution in [0.2, 0.25) is 0 Å². The second-order valence-electron chi connectivity index (χ2n) is 3.03. The number of hydrogen-bond acceptors (Lipinski definition) is 3. The molecule has 0 spiro atoms. The van der Waals surface area contributed by atoms with E-state index in [-0.39, 0.29) is 0 Å². The predicted octanol–water partition coefficient (Wildman–Crippen LogP) is 1.33. The van der Waals surface area contributed by atoms with Crippen molar-refractivity contribution in [3.63, 3.8) is 0 Å². The van der Waals surface area contributed by atoms with E-state index >= 15 is 0 Å². The van der Waals surface area contributed by atoms with Crippen LogP contribution >= 0.6 is 0 Å². The van der Waals surface area contributed by atoms with Gasteiger partial charge < -0.3 is 9.84 Å². The Labute approximate surface area is 65.8 Å². The summed E-state index contributed by atoms with van der Waals surface area (Å²) in [6, 6.07) is 0.501. The standard InChI is InChI=1S/C8H12N2O/c1-5-8(6(2)11-10-5)7-3-4-9-7/h7,9H,3-4H2,1-2H3. The smallest absolute Gasteiger partial charge is 0.138 e. The summed E-state index contributed by atoms with van der Waals surface area (Å²) in [5, 5.41) is 7.23. The molecule has 1 fully saturated rings. The summed E-state index contributed by atoms with van der Waals surface area (Å²) < 4.78 is 5.06. The summed E-state index contributed by atoms with van der Waals surface area (Å²) in [5.41, 5.74) is 2.29. The minimum Gasteiger partial charge on any atom is -0.361 e. The monoisotopic (exact) mass is 152 g/mol. The molecule has 0 saturated carbocycles. The van der Waals surface area contributed by atoms with Crippen molar-refractivity contribution in [2.75, 3.05) is 6.54 Å². The number of aryl methyl sites for hydroxylation is 2. The van der Waals surface area contributed by atoms with Gasteiger partial charge >= 0.3 is 0 Å². The van der Waals surface area contributed by atoms with Gasteiger partial charge in [-0.1, -0.05) is 5.16 Å². The first-order chi connectivity index (χ1) is 5.29. The first-order valence-electron chi connectivity index (χ1n) is 3.95. The highest BCUT2D eigenvalue weighted by molar-refractivity contribution is 5.26. The Kier molecular flexibility index (Phi) is 1.46. The van der Waals surface area contributed by atoms with Gasteiger partial charge in [-0.25, -0.2) is 0 Å². The molecular weight excluding hydrogens is 140 g/mol. The van der Waals surface area contributed by atoms with Crippen molar-refractivity contribution in [1.29, 1.82) is 0 Å². The van der Waals surface area contributed by atoms with Gasteiger partial charge in [0.15, 0.2) is 0 Å². The lowest BCUT2D eigenvalue weighted by Crippen LogP contribution is -2.35. The fourth-order valence-corrected chi connectivity index (χ4v) is 1.52. The van der Waals surface area contributed by atoms with E-state index in [1.807, 2.05) is 13.8 Å². The largest absolute Gasteiger partial charge is 0.361 e. The molecule has 3 heteroatoms. The van der Waals surface area contributed by atoms with Gasteiger partial charge in [-0.2, -0.15) is 0 Å². The van der Waals surface area contributed by atoms with E-state index < -0.39 is 0 Å². The number of hydrogen-bond donors (Lipinski definition) is 1. The van der Waals surface area contributed by atoms with Gasteiger partial charge in [-0.3, -0.25) is 0 Å². The van der Waals surface area contributed by atoms with E-state index in [4.69, 9.17) is 4.52 Å². The maximum absolute atomic E-state index is 5.06. The predicted molar refractivity (Wildman–Crippen MR) is 41.3 cm³/mol. The van der Waals surface area contributed by atoms with Crippen molar-refractivity contribution in [2.45, 2.75) is 26.3 Å². The molecule has 1 aromatic heterocycles. The van der Waals surface area contributed by atoms with Crippen molar-refractivity contribution in [3.8, 4) is 0 Å². The second kappa shape index (κ2) is 2.34. The third kappa shape index (κ3) is 0.959. The van der Waals surface area contributed by atoms with E-state index in [9.17, 15) is 0 Å². The quantitative estimate of drug-likeness (QED) is 0.659. The molecule has 1 aliphatic heterocycles. The summed E-state index contributed by atoms with van der Waals surface area (Å²) in [4.78, 5) is 0. The first-order valence-corrected chi connectivity index (χ1v) is 3.95. The van der Waals surface area contributed by atoms with Crippen molar-refractivity contribution in [3.05, 3.63) is 17.0 Å². The summed E-state index contributed by atoms with van der Waals surface area (Å²) >= 11 is 0. The third-order valence-corrected chi connectivity index (χ3v) is 2.26. The molecule has 60 valence electrons. The molecule has 1 N–H and O–H groups in total. The van der Waals surface area contributed by atoms with Crippen molar-refractivity contribution < 1.29 is 4.52 Å². The molecule has 1 saturated heterocycles. The Morgan fingerprint density at radius 1 is 1.55 bits per heavy atom. The Morgan fingerprint density at radius 3 is 2.64 bits per heavy atom. The summed E-state index contributed by atoms with van der Waals surface area (Å²) in [6.07, 6.45) is 1.21. The zero-order valence-corrected chi connectivity index (χ0v) is 6.85. The van der Waals surface area contributed by atoms with Crippen LogP contribution in [0, 0.1) is 13.8 Å². The molecule has 1 aromatic rings. The van der Waals surface area contributed by atoms with E-state index in [0.717, 1.165) is 18.0 Å². The zero-order valence-electron chi connectivity index (χ0n) is 6.85. The van der Waals surface area contributed by atoms with Gasteiger partial charge in [-0.05, 0) is 26.8 Å². The van der Waals surface area contributed by atoms with Gasteiger partial charge in [0.2, 0.25) is 0 Å². The SMILES string of the molecule is Cc1noc(C)c1C1CCN1. The van der Waals surface area contributed by atoms with E-state index in [1.54, 1.807) is 0 Å². The van der Waals surface area contributed by atoms with Crippen LogP contribution in [0.1, 0.15) is 29.5 Å². The number of rotatable bonds is 1. The van der Waals surface area contributed by atoms with Crippen LogP contribution in [-0.4, -0.2) is 11.7 Å². The fourth-order valence-electron chi connectivity index (χ4n) is 1.52. The van der Waals surface area contributed by atoms with Gasteiger partial charge in [0.05, 0.1) is 5.69 Å². The molecule has 2 rings (SSSR count). The van der Waals surface area contributed by atoms with E-state index in [2.05, 4.69) is 10.5 Å². The van der Waals surface area contributed by atoms with Gasteiger partial charge in [0.25, 0.3) is 0 Å². The normalized spacial score (nSPS) is 23.3. The van der Waals surface area contributed by atoms with Crippen LogP contribution in [0.5, 0.6) is 0 Å². The molecule has 0 aliphatic carbocycles. The summed E-state index contributed by atoms with van der Waals surface area (Å²) in [7, 11) is 0. The third-order valence-electron chi connectivity index (χ3n) is 2.26. The Morgan fingerprint density at radius 2 is 2.27 bits per heavy atom. The van der Waals surface area contributed by atoms with Crippen LogP contribution in [0.15, 0.2) is 4.52 Å². The highest BCUT2D eigenvalue weighted by Gasteiger charge is 2.24. The van der Waals surface area contributed by atoms with E-state index in [0.29, 0.717) is 6.04 Å². The number of aromatic nitrogens is 1. The van der Waals surface area contributed by atoms with Crippen molar-refractivity contribution in [2.24, 2.45) is 0 Å². The van der Waals surface area contributed by atoms with Crippen LogP contribution in [0.25, 0.3) is 0 Å². The molecule has 1 aliphatic rings. The summed E-state index contributed by atoms with van der Waals surface area (Å²) in [6.45, 7) is 5.08. The minimum atomic E-state index is 0.501. The van der Waals surface area contributed by atoms with E-state index in [1.165, 1.54) is 12.0 Å². The highest BCUT2D eigenvalue weighted by Crippen LogP contribution is 2.27. The molecule has 1 unspecified atom stereocenters. The zero-order chi connectivity index (χ0) is 7.84. The maximum Gasteiger partial charge on any atom is 0.138 e. The lowest BCUT2D eigenvalue weighted by atomic mass is 9.97. The van der Waals surface area contributed by atoms with Crippen molar-refractivity contribution in [1.82, 2.24) is 10.5 Å². The molecule has 0 bridgehead atoms. The Balaban J connectivity index is 2.33. The Hall–Kier alpha value is -0.830. The second-order valence-corrected chi connectivity index (χ2v) is 3.03. The molecule has 0 amide bonds. The first kappa shape index (κ1) is 6.85. The van der Waals surface area contributed by atoms with Crippen LogP contribution in [-0.2, 0) is 0 Å². The molecule has 1 atom stereocenters. The average molecular weight is 152 g/mol. The van der Waals surface area contributed by atoms with Crippen LogP contribution in [0.3, 0.4) is 0 Å². The lowest BCUT2D eigenvalue weighted by Gasteiger charge is -2.27. The molecular formula is C8H12N2O. The molecule has 3 nitrogen and oxygen atoms in total.